The molecule has 184 valence electrons. The summed E-state index contributed by atoms with van der Waals surface area (Å²) in [5.41, 5.74) is 1.14. The Bertz CT molecular complexity index is 1180. The molecule has 0 spiro atoms. The van der Waals surface area contributed by atoms with Crippen LogP contribution in [0.3, 0.4) is 0 Å². The fourth-order valence-corrected chi connectivity index (χ4v) is 4.74. The van der Waals surface area contributed by atoms with Gasteiger partial charge < -0.3 is 15.2 Å². The highest BCUT2D eigenvalue weighted by atomic mass is 127. The fraction of sp³-hybridized carbons (Fsp3) is 0.280. The Morgan fingerprint density at radius 2 is 1.89 bits per heavy atom. The van der Waals surface area contributed by atoms with E-state index < -0.39 is 0 Å². The normalized spacial score (nSPS) is 11.8. The summed E-state index contributed by atoms with van der Waals surface area (Å²) >= 11 is 9.73. The molecule has 2 aromatic carbocycles. The van der Waals surface area contributed by atoms with Crippen molar-refractivity contribution in [3.8, 4) is 0 Å². The van der Waals surface area contributed by atoms with E-state index in [0.29, 0.717) is 34.5 Å². The summed E-state index contributed by atoms with van der Waals surface area (Å²) in [5, 5.41) is 15.6. The van der Waals surface area contributed by atoms with Crippen LogP contribution in [-0.2, 0) is 11.3 Å². The first-order chi connectivity index (χ1) is 16.8. The van der Waals surface area contributed by atoms with E-state index in [1.165, 1.54) is 11.8 Å². The smallest absolute Gasteiger partial charge is 0.253 e. The molecule has 1 aromatic heterocycles. The van der Waals surface area contributed by atoms with Crippen LogP contribution in [0.2, 0.25) is 5.02 Å². The first-order valence-electron chi connectivity index (χ1n) is 11.1. The summed E-state index contributed by atoms with van der Waals surface area (Å²) in [7, 11) is 0. The van der Waals surface area contributed by atoms with E-state index in [0.717, 1.165) is 9.26 Å². The number of carbonyl (C=O) groups is 2. The van der Waals surface area contributed by atoms with Gasteiger partial charge in [0.05, 0.1) is 22.4 Å². The van der Waals surface area contributed by atoms with Crippen LogP contribution in [0.15, 0.2) is 66.3 Å². The van der Waals surface area contributed by atoms with Crippen molar-refractivity contribution in [3.05, 3.63) is 81.2 Å². The molecule has 0 aliphatic carbocycles. The van der Waals surface area contributed by atoms with Crippen molar-refractivity contribution >= 4 is 63.5 Å². The second kappa shape index (κ2) is 13.1. The molecule has 7 nitrogen and oxygen atoms in total. The number of nitrogens with zero attached hydrogens (tertiary/aromatic N) is 3. The molecule has 3 rings (SSSR count). The number of allylic oxidation sites excluding steroid dienone is 1. The molecule has 0 saturated heterocycles. The van der Waals surface area contributed by atoms with E-state index in [2.05, 4.69) is 63.8 Å². The van der Waals surface area contributed by atoms with Crippen LogP contribution in [0.25, 0.3) is 0 Å². The van der Waals surface area contributed by atoms with E-state index >= 15 is 0 Å². The predicted octanol–water partition coefficient (Wildman–Crippen LogP) is 5.97. The Labute approximate surface area is 228 Å². The summed E-state index contributed by atoms with van der Waals surface area (Å²) in [6.45, 7) is 8.44. The van der Waals surface area contributed by atoms with E-state index in [1.807, 2.05) is 28.8 Å². The van der Waals surface area contributed by atoms with Gasteiger partial charge in [-0.05, 0) is 71.3 Å². The van der Waals surface area contributed by atoms with Gasteiger partial charge in [0.25, 0.3) is 5.91 Å². The molecule has 0 aliphatic rings. The lowest BCUT2D eigenvalue weighted by atomic mass is 10.0. The third-order valence-electron chi connectivity index (χ3n) is 4.96. The van der Waals surface area contributed by atoms with Gasteiger partial charge in [-0.3, -0.25) is 9.59 Å². The highest BCUT2D eigenvalue weighted by molar-refractivity contribution is 14.1. The molecule has 0 saturated carbocycles. The zero-order chi connectivity index (χ0) is 25.4. The van der Waals surface area contributed by atoms with Crippen LogP contribution in [0.1, 0.15) is 42.5 Å². The maximum Gasteiger partial charge on any atom is 0.253 e. The number of thioether (sulfide) groups is 1. The Morgan fingerprint density at radius 1 is 1.17 bits per heavy atom. The quantitative estimate of drug-likeness (QED) is 0.156. The third kappa shape index (κ3) is 7.81. The average Bonchev–Trinajstić information content (AvgIpc) is 3.21. The van der Waals surface area contributed by atoms with Gasteiger partial charge in [-0.15, -0.1) is 16.8 Å². The van der Waals surface area contributed by atoms with Gasteiger partial charge in [0.2, 0.25) is 5.91 Å². The van der Waals surface area contributed by atoms with Crippen LogP contribution in [0, 0.1) is 9.49 Å². The summed E-state index contributed by atoms with van der Waals surface area (Å²) in [6, 6.07) is 14.1. The summed E-state index contributed by atoms with van der Waals surface area (Å²) < 4.78 is 2.98. The van der Waals surface area contributed by atoms with Gasteiger partial charge in [0.1, 0.15) is 0 Å². The Balaban J connectivity index is 1.77. The molecule has 1 heterocycles. The van der Waals surface area contributed by atoms with E-state index in [4.69, 9.17) is 11.6 Å². The molecule has 2 amide bonds. The molecular formula is C25H27ClIN5O2S. The fourth-order valence-electron chi connectivity index (χ4n) is 3.41. The lowest BCUT2D eigenvalue weighted by molar-refractivity contribution is -0.113. The molecular weight excluding hydrogens is 597 g/mol. The van der Waals surface area contributed by atoms with Gasteiger partial charge in [0, 0.05) is 15.8 Å². The van der Waals surface area contributed by atoms with E-state index in [1.54, 1.807) is 30.3 Å². The lowest BCUT2D eigenvalue weighted by Gasteiger charge is -2.21. The number of benzene rings is 2. The van der Waals surface area contributed by atoms with E-state index in [-0.39, 0.29) is 29.5 Å². The SMILES string of the molecule is C=CCn1c(SCC(=O)Nc2ccc(I)cc2)nnc1[C@H](CC(C)C)NC(=O)c1ccccc1Cl. The Kier molecular flexibility index (Phi) is 10.2. The minimum atomic E-state index is -0.388. The number of carbonyl (C=O) groups excluding carboxylic acids is 2. The highest BCUT2D eigenvalue weighted by Gasteiger charge is 2.25. The first-order valence-corrected chi connectivity index (χ1v) is 13.5. The third-order valence-corrected chi connectivity index (χ3v) is 6.98. The molecule has 1 atom stereocenters. The minimum Gasteiger partial charge on any atom is -0.342 e. The van der Waals surface area contributed by atoms with Gasteiger partial charge in [0.15, 0.2) is 11.0 Å². The molecule has 0 aliphatic heterocycles. The van der Waals surface area contributed by atoms with Crippen molar-refractivity contribution in [2.24, 2.45) is 5.92 Å². The lowest BCUT2D eigenvalue weighted by Crippen LogP contribution is -2.32. The molecule has 2 N–H and O–H groups in total. The largest absolute Gasteiger partial charge is 0.342 e. The maximum absolute atomic E-state index is 13.0. The monoisotopic (exact) mass is 623 g/mol. The van der Waals surface area contributed by atoms with Crippen LogP contribution >= 0.6 is 46.0 Å². The van der Waals surface area contributed by atoms with Crippen molar-refractivity contribution in [1.29, 1.82) is 0 Å². The second-order valence-corrected chi connectivity index (χ2v) is 10.8. The molecule has 35 heavy (non-hydrogen) atoms. The predicted molar refractivity (Wildman–Crippen MR) is 150 cm³/mol. The number of halogens is 2. The summed E-state index contributed by atoms with van der Waals surface area (Å²) in [6.07, 6.45) is 2.40. The first kappa shape index (κ1) is 27.2. The van der Waals surface area contributed by atoms with Gasteiger partial charge in [-0.1, -0.05) is 55.4 Å². The molecule has 10 heteroatoms. The Hall–Kier alpha value is -2.37. The number of hydrogen-bond donors (Lipinski definition) is 2. The van der Waals surface area contributed by atoms with Gasteiger partial charge in [-0.2, -0.15) is 0 Å². The van der Waals surface area contributed by atoms with Gasteiger partial charge >= 0.3 is 0 Å². The number of hydrogen-bond acceptors (Lipinski definition) is 5. The maximum atomic E-state index is 13.0. The standard InChI is InChI=1S/C25H27ClIN5O2S/c1-4-13-32-23(21(14-16(2)3)29-24(34)19-7-5-6-8-20(19)26)30-31-25(32)35-15-22(33)28-18-11-9-17(27)10-12-18/h4-12,16,21H,1,13-15H2,2-3H3,(H,28,33)(H,29,34)/t21-/m0/s1. The number of anilines is 1. The second-order valence-electron chi connectivity index (χ2n) is 8.22. The highest BCUT2D eigenvalue weighted by Crippen LogP contribution is 2.26. The molecule has 0 fully saturated rings. The molecule has 0 unspecified atom stereocenters. The topological polar surface area (TPSA) is 88.9 Å². The van der Waals surface area contributed by atoms with E-state index in [9.17, 15) is 9.59 Å². The number of rotatable bonds is 11. The van der Waals surface area contributed by atoms with Crippen LogP contribution < -0.4 is 10.6 Å². The zero-order valence-corrected chi connectivity index (χ0v) is 23.2. The molecule has 0 radical (unpaired) electrons. The summed E-state index contributed by atoms with van der Waals surface area (Å²) in [5.74, 6) is 0.648. The zero-order valence-electron chi connectivity index (χ0n) is 19.5. The van der Waals surface area contributed by atoms with Gasteiger partial charge in [-0.25, -0.2) is 0 Å². The van der Waals surface area contributed by atoms with Crippen molar-refractivity contribution in [2.45, 2.75) is 38.0 Å². The van der Waals surface area contributed by atoms with Crippen molar-refractivity contribution in [1.82, 2.24) is 20.1 Å². The van der Waals surface area contributed by atoms with Crippen molar-refractivity contribution in [3.63, 3.8) is 0 Å². The summed E-state index contributed by atoms with van der Waals surface area (Å²) in [4.78, 5) is 25.5. The van der Waals surface area contributed by atoms with Crippen LogP contribution in [-0.4, -0.2) is 32.3 Å². The number of nitrogens with one attached hydrogen (secondary N) is 2. The van der Waals surface area contributed by atoms with Crippen LogP contribution in [0.4, 0.5) is 5.69 Å². The Morgan fingerprint density at radius 3 is 2.54 bits per heavy atom. The average molecular weight is 624 g/mol. The molecule has 3 aromatic rings. The van der Waals surface area contributed by atoms with Crippen molar-refractivity contribution < 1.29 is 9.59 Å². The van der Waals surface area contributed by atoms with Crippen molar-refractivity contribution in [2.75, 3.05) is 11.1 Å². The minimum absolute atomic E-state index is 0.142. The number of amides is 2. The molecule has 0 bridgehead atoms. The number of aromatic nitrogens is 3. The van der Waals surface area contributed by atoms with Crippen LogP contribution in [0.5, 0.6) is 0 Å².